The van der Waals surface area contributed by atoms with Gasteiger partial charge >= 0.3 is 5.97 Å². The molecule has 1 rings (SSSR count). The third-order valence-corrected chi connectivity index (χ3v) is 2.99. The lowest BCUT2D eigenvalue weighted by Crippen LogP contribution is -2.47. The third kappa shape index (κ3) is 4.73. The van der Waals surface area contributed by atoms with Gasteiger partial charge in [-0.1, -0.05) is 13.8 Å². The van der Waals surface area contributed by atoms with E-state index in [9.17, 15) is 9.59 Å². The topological polar surface area (TPSA) is 78.4 Å². The fourth-order valence-corrected chi connectivity index (χ4v) is 2.06. The molecule has 0 radical (unpaired) electrons. The molecular formula is C12H22N2O3. The molecule has 0 aromatic carbocycles. The van der Waals surface area contributed by atoms with E-state index in [2.05, 4.69) is 10.6 Å². The molecule has 5 nitrogen and oxygen atoms in total. The van der Waals surface area contributed by atoms with Gasteiger partial charge in [0, 0.05) is 6.54 Å². The second-order valence-corrected chi connectivity index (χ2v) is 5.07. The van der Waals surface area contributed by atoms with Crippen molar-refractivity contribution in [1.82, 2.24) is 10.6 Å². The number of nitrogens with one attached hydrogen (secondary N) is 2. The first-order valence-corrected chi connectivity index (χ1v) is 6.24. The molecule has 98 valence electrons. The molecule has 1 fully saturated rings. The summed E-state index contributed by atoms with van der Waals surface area (Å²) in [5, 5.41) is 14.8. The van der Waals surface area contributed by atoms with Gasteiger partial charge in [0.25, 0.3) is 0 Å². The van der Waals surface area contributed by atoms with Gasteiger partial charge in [0.1, 0.15) is 6.04 Å². The van der Waals surface area contributed by atoms with Crippen LogP contribution in [0.3, 0.4) is 0 Å². The molecule has 0 aliphatic carbocycles. The van der Waals surface area contributed by atoms with Crippen LogP contribution in [0.2, 0.25) is 0 Å². The predicted octanol–water partition coefficient (Wildman–Crippen LogP) is 0.602. The minimum absolute atomic E-state index is 0.0854. The number of carboxylic acids is 1. The molecule has 0 bridgehead atoms. The summed E-state index contributed by atoms with van der Waals surface area (Å²) in [6, 6.07) is -0.760. The van der Waals surface area contributed by atoms with Crippen LogP contribution < -0.4 is 10.6 Å². The molecule has 0 unspecified atom stereocenters. The second-order valence-electron chi connectivity index (χ2n) is 5.07. The quantitative estimate of drug-likeness (QED) is 0.659. The molecular weight excluding hydrogens is 220 g/mol. The molecule has 2 atom stereocenters. The molecule has 0 saturated carbocycles. The zero-order chi connectivity index (χ0) is 12.8. The summed E-state index contributed by atoms with van der Waals surface area (Å²) >= 11 is 0. The molecule has 1 amide bonds. The second kappa shape index (κ2) is 6.59. The summed E-state index contributed by atoms with van der Waals surface area (Å²) < 4.78 is 0. The zero-order valence-corrected chi connectivity index (χ0v) is 10.5. The van der Waals surface area contributed by atoms with Crippen molar-refractivity contribution in [2.45, 2.75) is 39.2 Å². The summed E-state index contributed by atoms with van der Waals surface area (Å²) in [5.74, 6) is -0.917. The average Bonchev–Trinajstić information content (AvgIpc) is 2.28. The van der Waals surface area contributed by atoms with Crippen LogP contribution in [0, 0.1) is 11.8 Å². The van der Waals surface area contributed by atoms with Crippen molar-refractivity contribution < 1.29 is 14.7 Å². The molecule has 3 N–H and O–H groups in total. The Morgan fingerprint density at radius 2 is 2.18 bits per heavy atom. The van der Waals surface area contributed by atoms with Gasteiger partial charge in [0.15, 0.2) is 0 Å². The van der Waals surface area contributed by atoms with Gasteiger partial charge in [-0.3, -0.25) is 4.79 Å². The van der Waals surface area contributed by atoms with E-state index in [1.807, 2.05) is 13.8 Å². The fourth-order valence-electron chi connectivity index (χ4n) is 2.06. The maximum atomic E-state index is 11.9. The van der Waals surface area contributed by atoms with Crippen LogP contribution in [0.15, 0.2) is 0 Å². The molecule has 1 aliphatic heterocycles. The van der Waals surface area contributed by atoms with Crippen molar-refractivity contribution in [3.8, 4) is 0 Å². The average molecular weight is 242 g/mol. The summed E-state index contributed by atoms with van der Waals surface area (Å²) in [4.78, 5) is 22.9. The number of amides is 1. The first kappa shape index (κ1) is 14.0. The Bertz CT molecular complexity index is 273. The van der Waals surface area contributed by atoms with Crippen LogP contribution >= 0.6 is 0 Å². The SMILES string of the molecule is CC(C)C[C@H](NC(=O)[C@H]1CCCNC1)C(=O)O. The van der Waals surface area contributed by atoms with Gasteiger partial charge < -0.3 is 15.7 Å². The molecule has 5 heteroatoms. The number of rotatable bonds is 5. The lowest BCUT2D eigenvalue weighted by molar-refractivity contribution is -0.143. The van der Waals surface area contributed by atoms with E-state index in [4.69, 9.17) is 5.11 Å². The Morgan fingerprint density at radius 1 is 1.47 bits per heavy atom. The van der Waals surface area contributed by atoms with E-state index in [1.165, 1.54) is 0 Å². The maximum Gasteiger partial charge on any atom is 0.326 e. The fraction of sp³-hybridized carbons (Fsp3) is 0.833. The Kier molecular flexibility index (Phi) is 5.41. The summed E-state index contributed by atoms with van der Waals surface area (Å²) in [5.41, 5.74) is 0. The van der Waals surface area contributed by atoms with Gasteiger partial charge in [-0.25, -0.2) is 4.79 Å². The number of hydrogen-bond acceptors (Lipinski definition) is 3. The lowest BCUT2D eigenvalue weighted by Gasteiger charge is -2.24. The molecule has 17 heavy (non-hydrogen) atoms. The van der Waals surface area contributed by atoms with Crippen molar-refractivity contribution in [2.24, 2.45) is 11.8 Å². The standard InChI is InChI=1S/C12H22N2O3/c1-8(2)6-10(12(16)17)14-11(15)9-4-3-5-13-7-9/h8-10,13H,3-7H2,1-2H3,(H,14,15)(H,16,17)/t9-,10-/m0/s1. The lowest BCUT2D eigenvalue weighted by atomic mass is 9.97. The molecule has 0 spiro atoms. The first-order chi connectivity index (χ1) is 8.00. The number of carbonyl (C=O) groups excluding carboxylic acids is 1. The summed E-state index contributed by atoms with van der Waals surface area (Å²) in [7, 11) is 0. The number of hydrogen-bond donors (Lipinski definition) is 3. The Hall–Kier alpha value is -1.10. The van der Waals surface area contributed by atoms with Crippen molar-refractivity contribution in [3.63, 3.8) is 0 Å². The normalized spacial score (nSPS) is 22.2. The molecule has 1 aliphatic rings. The van der Waals surface area contributed by atoms with E-state index in [1.54, 1.807) is 0 Å². The van der Waals surface area contributed by atoms with Gasteiger partial charge in [0.05, 0.1) is 5.92 Å². The first-order valence-electron chi connectivity index (χ1n) is 6.24. The van der Waals surface area contributed by atoms with Crippen molar-refractivity contribution in [3.05, 3.63) is 0 Å². The number of piperidine rings is 1. The highest BCUT2D eigenvalue weighted by molar-refractivity contribution is 5.85. The molecule has 1 heterocycles. The Labute approximate surface area is 102 Å². The van der Waals surface area contributed by atoms with Crippen LogP contribution in [0.1, 0.15) is 33.1 Å². The van der Waals surface area contributed by atoms with Crippen molar-refractivity contribution in [2.75, 3.05) is 13.1 Å². The van der Waals surface area contributed by atoms with Crippen LogP contribution in [-0.2, 0) is 9.59 Å². The summed E-state index contributed by atoms with van der Waals surface area (Å²) in [6.07, 6.45) is 2.29. The number of carbonyl (C=O) groups is 2. The van der Waals surface area contributed by atoms with Gasteiger partial charge in [-0.15, -0.1) is 0 Å². The monoisotopic (exact) mass is 242 g/mol. The van der Waals surface area contributed by atoms with E-state index in [-0.39, 0.29) is 17.7 Å². The van der Waals surface area contributed by atoms with Crippen LogP contribution in [0.25, 0.3) is 0 Å². The molecule has 0 aromatic heterocycles. The van der Waals surface area contributed by atoms with Crippen LogP contribution in [-0.4, -0.2) is 36.1 Å². The van der Waals surface area contributed by atoms with Crippen molar-refractivity contribution >= 4 is 11.9 Å². The predicted molar refractivity (Wildman–Crippen MR) is 64.6 cm³/mol. The van der Waals surface area contributed by atoms with E-state index in [0.717, 1.165) is 19.4 Å². The highest BCUT2D eigenvalue weighted by atomic mass is 16.4. The van der Waals surface area contributed by atoms with E-state index >= 15 is 0 Å². The minimum Gasteiger partial charge on any atom is -0.480 e. The Morgan fingerprint density at radius 3 is 2.65 bits per heavy atom. The van der Waals surface area contributed by atoms with E-state index in [0.29, 0.717) is 13.0 Å². The third-order valence-electron chi connectivity index (χ3n) is 2.99. The largest absolute Gasteiger partial charge is 0.480 e. The van der Waals surface area contributed by atoms with Gasteiger partial charge in [-0.2, -0.15) is 0 Å². The highest BCUT2D eigenvalue weighted by Gasteiger charge is 2.26. The Balaban J connectivity index is 2.47. The maximum absolute atomic E-state index is 11.9. The van der Waals surface area contributed by atoms with Crippen LogP contribution in [0.4, 0.5) is 0 Å². The summed E-state index contributed by atoms with van der Waals surface area (Å²) in [6.45, 7) is 5.49. The highest BCUT2D eigenvalue weighted by Crippen LogP contribution is 2.11. The van der Waals surface area contributed by atoms with Crippen molar-refractivity contribution in [1.29, 1.82) is 0 Å². The smallest absolute Gasteiger partial charge is 0.326 e. The number of carboxylic acid groups (broad SMARTS) is 1. The molecule has 1 saturated heterocycles. The van der Waals surface area contributed by atoms with Gasteiger partial charge in [0.2, 0.25) is 5.91 Å². The van der Waals surface area contributed by atoms with Crippen LogP contribution in [0.5, 0.6) is 0 Å². The van der Waals surface area contributed by atoms with Gasteiger partial charge in [-0.05, 0) is 31.7 Å². The molecule has 0 aromatic rings. The minimum atomic E-state index is -0.948. The number of aliphatic carboxylic acids is 1. The zero-order valence-electron chi connectivity index (χ0n) is 10.5. The van der Waals surface area contributed by atoms with E-state index < -0.39 is 12.0 Å².